The minimum atomic E-state index is -0.935. The third-order valence-electron chi connectivity index (χ3n) is 4.08. The van der Waals surface area contributed by atoms with E-state index in [2.05, 4.69) is 4.98 Å². The highest BCUT2D eigenvalue weighted by Crippen LogP contribution is 2.24. The fraction of sp³-hybridized carbons (Fsp3) is 0.158. The second-order valence-electron chi connectivity index (χ2n) is 5.89. The molecule has 0 aliphatic carbocycles. The summed E-state index contributed by atoms with van der Waals surface area (Å²) >= 11 is 6.04. The molecule has 5 nitrogen and oxygen atoms in total. The molecule has 3 rings (SSSR count). The smallest absolute Gasteiger partial charge is 0.281 e. The van der Waals surface area contributed by atoms with E-state index in [1.807, 2.05) is 0 Å². The molecule has 0 fully saturated rings. The summed E-state index contributed by atoms with van der Waals surface area (Å²) in [5.41, 5.74) is 5.24. The predicted octanol–water partition coefficient (Wildman–Crippen LogP) is 3.65. The van der Waals surface area contributed by atoms with Crippen molar-refractivity contribution in [3.63, 3.8) is 0 Å². The topological polar surface area (TPSA) is 70.1 Å². The van der Waals surface area contributed by atoms with Gasteiger partial charge in [0.2, 0.25) is 5.88 Å². The summed E-state index contributed by atoms with van der Waals surface area (Å²) in [6.07, 6.45) is 0. The lowest BCUT2D eigenvalue weighted by molar-refractivity contribution is 0.290. The van der Waals surface area contributed by atoms with Crippen LogP contribution >= 0.6 is 11.6 Å². The van der Waals surface area contributed by atoms with E-state index in [-0.39, 0.29) is 24.9 Å². The summed E-state index contributed by atoms with van der Waals surface area (Å²) in [6, 6.07) is 7.24. The third-order valence-corrected chi connectivity index (χ3v) is 4.40. The Kier molecular flexibility index (Phi) is 5.71. The second kappa shape index (κ2) is 8.04. The fourth-order valence-corrected chi connectivity index (χ4v) is 2.90. The normalized spacial score (nSPS) is 10.9. The van der Waals surface area contributed by atoms with Gasteiger partial charge in [-0.15, -0.1) is 0 Å². The van der Waals surface area contributed by atoms with Crippen LogP contribution in [0.15, 0.2) is 41.2 Å². The predicted molar refractivity (Wildman–Crippen MR) is 98.1 cm³/mol. The molecule has 0 saturated carbocycles. The van der Waals surface area contributed by atoms with Crippen LogP contribution in [0.25, 0.3) is 5.69 Å². The highest BCUT2D eigenvalue weighted by atomic mass is 35.5. The standard InChI is InChI=1S/C19H15ClF3N3O2/c1-10-25-18(28-9-11-5-6-13(21)7-12(11)8-24)16(20)19(27)26(10)17-14(22)3-2-4-15(17)23/h2-7H,8-9,24H2,1H3. The maximum Gasteiger partial charge on any atom is 0.281 e. The number of halogens is 4. The number of nitrogens with zero attached hydrogens (tertiary/aromatic N) is 2. The molecule has 0 atom stereocenters. The Morgan fingerprint density at radius 2 is 1.82 bits per heavy atom. The Labute approximate surface area is 163 Å². The lowest BCUT2D eigenvalue weighted by Crippen LogP contribution is -2.25. The number of ether oxygens (including phenoxy) is 1. The Bertz CT molecular complexity index is 1080. The number of aryl methyl sites for hydroxylation is 1. The van der Waals surface area contributed by atoms with Gasteiger partial charge in [0, 0.05) is 6.54 Å². The molecule has 2 N–H and O–H groups in total. The molecule has 0 amide bonds. The van der Waals surface area contributed by atoms with Gasteiger partial charge in [0.05, 0.1) is 0 Å². The van der Waals surface area contributed by atoms with Crippen molar-refractivity contribution < 1.29 is 17.9 Å². The van der Waals surface area contributed by atoms with E-state index in [0.29, 0.717) is 11.1 Å². The monoisotopic (exact) mass is 409 g/mol. The van der Waals surface area contributed by atoms with Crippen LogP contribution in [0.5, 0.6) is 5.88 Å². The van der Waals surface area contributed by atoms with Crippen molar-refractivity contribution in [1.82, 2.24) is 9.55 Å². The Balaban J connectivity index is 1.99. The molecule has 1 heterocycles. The summed E-state index contributed by atoms with van der Waals surface area (Å²) in [5.74, 6) is -2.53. The van der Waals surface area contributed by atoms with Crippen LogP contribution in [0.4, 0.5) is 13.2 Å². The zero-order chi connectivity index (χ0) is 20.4. The summed E-state index contributed by atoms with van der Waals surface area (Å²) in [7, 11) is 0. The van der Waals surface area contributed by atoms with Crippen molar-refractivity contribution in [2.45, 2.75) is 20.1 Å². The van der Waals surface area contributed by atoms with Gasteiger partial charge in [0.15, 0.2) is 5.02 Å². The van der Waals surface area contributed by atoms with Crippen molar-refractivity contribution in [2.75, 3.05) is 0 Å². The first kappa shape index (κ1) is 19.9. The van der Waals surface area contributed by atoms with E-state index < -0.39 is 33.7 Å². The third kappa shape index (κ3) is 3.74. The number of rotatable bonds is 5. The average molecular weight is 410 g/mol. The highest BCUT2D eigenvalue weighted by Gasteiger charge is 2.20. The maximum atomic E-state index is 14.1. The average Bonchev–Trinajstić information content (AvgIpc) is 2.66. The molecular formula is C19H15ClF3N3O2. The van der Waals surface area contributed by atoms with Crippen LogP contribution in [0.3, 0.4) is 0 Å². The Hall–Kier alpha value is -2.84. The molecule has 28 heavy (non-hydrogen) atoms. The molecule has 1 aromatic heterocycles. The largest absolute Gasteiger partial charge is 0.472 e. The van der Waals surface area contributed by atoms with E-state index >= 15 is 0 Å². The number of nitrogens with two attached hydrogens (primary N) is 1. The van der Waals surface area contributed by atoms with Gasteiger partial charge in [-0.1, -0.05) is 23.7 Å². The molecule has 0 radical (unpaired) electrons. The minimum Gasteiger partial charge on any atom is -0.472 e. The van der Waals surface area contributed by atoms with Crippen LogP contribution < -0.4 is 16.0 Å². The number of hydrogen-bond acceptors (Lipinski definition) is 4. The van der Waals surface area contributed by atoms with Gasteiger partial charge >= 0.3 is 0 Å². The van der Waals surface area contributed by atoms with Crippen molar-refractivity contribution in [1.29, 1.82) is 0 Å². The van der Waals surface area contributed by atoms with Crippen LogP contribution in [-0.2, 0) is 13.2 Å². The van der Waals surface area contributed by atoms with Crippen LogP contribution in [0.2, 0.25) is 5.02 Å². The van der Waals surface area contributed by atoms with Crippen LogP contribution in [-0.4, -0.2) is 9.55 Å². The number of hydrogen-bond donors (Lipinski definition) is 1. The summed E-state index contributed by atoms with van der Waals surface area (Å²) < 4.78 is 47.7. The molecule has 0 aliphatic heterocycles. The van der Waals surface area contributed by atoms with E-state index in [4.69, 9.17) is 22.1 Å². The molecule has 3 aromatic rings. The van der Waals surface area contributed by atoms with E-state index in [9.17, 15) is 18.0 Å². The maximum absolute atomic E-state index is 14.1. The van der Waals surface area contributed by atoms with E-state index in [1.165, 1.54) is 31.2 Å². The highest BCUT2D eigenvalue weighted by molar-refractivity contribution is 6.31. The van der Waals surface area contributed by atoms with Gasteiger partial charge in [-0.3, -0.25) is 9.36 Å². The SMILES string of the molecule is Cc1nc(OCc2ccc(F)cc2CN)c(Cl)c(=O)n1-c1c(F)cccc1F. The molecule has 0 aliphatic rings. The van der Waals surface area contributed by atoms with Crippen molar-refractivity contribution in [3.05, 3.63) is 86.2 Å². The second-order valence-corrected chi connectivity index (χ2v) is 6.27. The number of aromatic nitrogens is 2. The molecule has 0 saturated heterocycles. The molecule has 9 heteroatoms. The molecule has 2 aromatic carbocycles. The van der Waals surface area contributed by atoms with Gasteiger partial charge in [-0.05, 0) is 42.3 Å². The zero-order valence-electron chi connectivity index (χ0n) is 14.7. The summed E-state index contributed by atoms with van der Waals surface area (Å²) in [5, 5.41) is -0.440. The first-order valence-electron chi connectivity index (χ1n) is 8.17. The van der Waals surface area contributed by atoms with Gasteiger partial charge in [0.1, 0.15) is 35.6 Å². The van der Waals surface area contributed by atoms with Gasteiger partial charge in [0.25, 0.3) is 5.56 Å². The number of benzene rings is 2. The molecule has 0 bridgehead atoms. The first-order chi connectivity index (χ1) is 13.3. The fourth-order valence-electron chi connectivity index (χ4n) is 2.72. The van der Waals surface area contributed by atoms with E-state index in [0.717, 1.165) is 16.7 Å². The van der Waals surface area contributed by atoms with E-state index in [1.54, 1.807) is 0 Å². The van der Waals surface area contributed by atoms with Crippen molar-refractivity contribution in [3.8, 4) is 11.6 Å². The minimum absolute atomic E-state index is 0.0217. The molecule has 0 spiro atoms. The van der Waals surface area contributed by atoms with Crippen LogP contribution in [0, 0.1) is 24.4 Å². The molecule has 0 unspecified atom stereocenters. The Morgan fingerprint density at radius 1 is 1.14 bits per heavy atom. The van der Waals surface area contributed by atoms with Gasteiger partial charge in [-0.25, -0.2) is 13.2 Å². The summed E-state index contributed by atoms with van der Waals surface area (Å²) in [6.45, 7) is 1.40. The molecular weight excluding hydrogens is 395 g/mol. The molecule has 146 valence electrons. The van der Waals surface area contributed by atoms with Crippen molar-refractivity contribution >= 4 is 11.6 Å². The Morgan fingerprint density at radius 3 is 2.46 bits per heavy atom. The van der Waals surface area contributed by atoms with Gasteiger partial charge < -0.3 is 10.5 Å². The van der Waals surface area contributed by atoms with Crippen molar-refractivity contribution in [2.24, 2.45) is 5.73 Å². The lowest BCUT2D eigenvalue weighted by atomic mass is 10.1. The van der Waals surface area contributed by atoms with Gasteiger partial charge in [-0.2, -0.15) is 4.98 Å². The summed E-state index contributed by atoms with van der Waals surface area (Å²) in [4.78, 5) is 16.7. The zero-order valence-corrected chi connectivity index (χ0v) is 15.4. The van der Waals surface area contributed by atoms with Crippen LogP contribution in [0.1, 0.15) is 17.0 Å². The quantitative estimate of drug-likeness (QED) is 0.698. The number of para-hydroxylation sites is 1. The lowest BCUT2D eigenvalue weighted by Gasteiger charge is -2.15. The first-order valence-corrected chi connectivity index (χ1v) is 8.55.